The molecule has 0 aromatic heterocycles. The van der Waals surface area contributed by atoms with Crippen LogP contribution in [0, 0.1) is 11.8 Å². The Balaban J connectivity index is 2.02. The van der Waals surface area contributed by atoms with Crippen molar-refractivity contribution >= 4 is 0 Å². The number of nitrogens with zero attached hydrogens (tertiary/aromatic N) is 1. The second-order valence-corrected chi connectivity index (χ2v) is 6.78. The minimum atomic E-state index is 0.473. The lowest BCUT2D eigenvalue weighted by atomic mass is 9.76. The zero-order chi connectivity index (χ0) is 13.1. The van der Waals surface area contributed by atoms with Crippen LogP contribution in [0.4, 0.5) is 0 Å². The molecule has 2 rings (SSSR count). The van der Waals surface area contributed by atoms with Gasteiger partial charge in [-0.2, -0.15) is 0 Å². The van der Waals surface area contributed by atoms with E-state index in [1.54, 1.807) is 0 Å². The first-order valence-corrected chi connectivity index (χ1v) is 8.14. The van der Waals surface area contributed by atoms with E-state index in [1.165, 1.54) is 51.5 Å². The average Bonchev–Trinajstić information content (AvgIpc) is 2.35. The first-order valence-electron chi connectivity index (χ1n) is 8.14. The molecule has 2 aliphatic rings. The number of hydrogen-bond acceptors (Lipinski definition) is 2. The molecule has 2 aliphatic carbocycles. The summed E-state index contributed by atoms with van der Waals surface area (Å²) in [5, 5.41) is 0. The van der Waals surface area contributed by atoms with Gasteiger partial charge in [-0.25, -0.2) is 0 Å². The highest BCUT2D eigenvalue weighted by Crippen LogP contribution is 2.36. The molecular weight excluding hydrogens is 220 g/mol. The second kappa shape index (κ2) is 6.38. The van der Waals surface area contributed by atoms with Crippen molar-refractivity contribution in [1.29, 1.82) is 0 Å². The highest BCUT2D eigenvalue weighted by Gasteiger charge is 2.36. The molecule has 2 N–H and O–H groups in total. The summed E-state index contributed by atoms with van der Waals surface area (Å²) < 4.78 is 0. The Bertz CT molecular complexity index is 235. The second-order valence-electron chi connectivity index (χ2n) is 6.78. The molecule has 0 amide bonds. The zero-order valence-electron chi connectivity index (χ0n) is 12.6. The lowest BCUT2D eigenvalue weighted by molar-refractivity contribution is 0.0233. The third-order valence-corrected chi connectivity index (χ3v) is 5.44. The molecule has 2 nitrogen and oxygen atoms in total. The van der Waals surface area contributed by atoms with Gasteiger partial charge in [-0.05, 0) is 56.9 Å². The van der Waals surface area contributed by atoms with E-state index in [9.17, 15) is 0 Å². The van der Waals surface area contributed by atoms with Crippen LogP contribution in [0.2, 0.25) is 0 Å². The summed E-state index contributed by atoms with van der Waals surface area (Å²) in [6.07, 6.45) is 9.41. The lowest BCUT2D eigenvalue weighted by Gasteiger charge is -2.47. The van der Waals surface area contributed by atoms with Gasteiger partial charge in [0.15, 0.2) is 0 Å². The van der Waals surface area contributed by atoms with E-state index in [0.717, 1.165) is 23.9 Å². The predicted octanol–water partition coefficient (Wildman–Crippen LogP) is 3.40. The number of rotatable bonds is 3. The van der Waals surface area contributed by atoms with Crippen molar-refractivity contribution in [1.82, 2.24) is 4.90 Å². The molecule has 2 heteroatoms. The number of hydrogen-bond donors (Lipinski definition) is 1. The van der Waals surface area contributed by atoms with Crippen molar-refractivity contribution in [3.05, 3.63) is 0 Å². The van der Waals surface area contributed by atoms with Gasteiger partial charge in [-0.1, -0.05) is 27.2 Å². The smallest absolute Gasteiger partial charge is 0.0149 e. The van der Waals surface area contributed by atoms with Crippen LogP contribution in [-0.2, 0) is 0 Å². The fourth-order valence-electron chi connectivity index (χ4n) is 4.46. The first kappa shape index (κ1) is 14.3. The van der Waals surface area contributed by atoms with E-state index >= 15 is 0 Å². The van der Waals surface area contributed by atoms with Crippen molar-refractivity contribution in [3.63, 3.8) is 0 Å². The minimum absolute atomic E-state index is 0.473. The topological polar surface area (TPSA) is 29.3 Å². The van der Waals surface area contributed by atoms with Gasteiger partial charge in [-0.3, -0.25) is 4.90 Å². The summed E-state index contributed by atoms with van der Waals surface area (Å²) >= 11 is 0. The Kier molecular flexibility index (Phi) is 5.08. The third-order valence-electron chi connectivity index (χ3n) is 5.44. The fourth-order valence-corrected chi connectivity index (χ4v) is 4.46. The van der Waals surface area contributed by atoms with Crippen LogP contribution in [0.15, 0.2) is 0 Å². The Hall–Kier alpha value is -0.0800. The molecular formula is C16H32N2. The predicted molar refractivity (Wildman–Crippen MR) is 78.6 cm³/mol. The van der Waals surface area contributed by atoms with E-state index in [1.807, 2.05) is 0 Å². The Morgan fingerprint density at radius 2 is 1.50 bits per heavy atom. The van der Waals surface area contributed by atoms with Crippen LogP contribution >= 0.6 is 0 Å². The molecule has 0 saturated heterocycles. The molecule has 0 bridgehead atoms. The van der Waals surface area contributed by atoms with Gasteiger partial charge in [0, 0.05) is 18.1 Å². The summed E-state index contributed by atoms with van der Waals surface area (Å²) in [7, 11) is 0. The largest absolute Gasteiger partial charge is 0.328 e. The van der Waals surface area contributed by atoms with E-state index in [4.69, 9.17) is 5.73 Å². The van der Waals surface area contributed by atoms with Crippen LogP contribution in [0.25, 0.3) is 0 Å². The molecule has 0 radical (unpaired) electrons. The molecule has 2 saturated carbocycles. The van der Waals surface area contributed by atoms with Crippen molar-refractivity contribution in [3.8, 4) is 0 Å². The van der Waals surface area contributed by atoms with E-state index in [0.29, 0.717) is 6.04 Å². The molecule has 0 aromatic rings. The number of nitrogens with two attached hydrogens (primary N) is 1. The molecule has 0 aliphatic heterocycles. The summed E-state index contributed by atoms with van der Waals surface area (Å²) in [5.41, 5.74) is 6.05. The summed E-state index contributed by atoms with van der Waals surface area (Å²) in [6.45, 7) is 8.51. The molecule has 2 atom stereocenters. The summed E-state index contributed by atoms with van der Waals surface area (Å²) in [4.78, 5) is 2.83. The summed E-state index contributed by atoms with van der Waals surface area (Å²) in [6, 6.07) is 2.10. The van der Waals surface area contributed by atoms with Crippen LogP contribution in [0.3, 0.4) is 0 Å². The van der Waals surface area contributed by atoms with Gasteiger partial charge in [0.25, 0.3) is 0 Å². The first-order chi connectivity index (χ1) is 8.63. The monoisotopic (exact) mass is 252 g/mol. The molecule has 106 valence electrons. The van der Waals surface area contributed by atoms with Gasteiger partial charge >= 0.3 is 0 Å². The average molecular weight is 252 g/mol. The van der Waals surface area contributed by atoms with Crippen LogP contribution < -0.4 is 5.73 Å². The van der Waals surface area contributed by atoms with Gasteiger partial charge in [-0.15, -0.1) is 0 Å². The lowest BCUT2D eigenvalue weighted by Crippen LogP contribution is -2.52. The van der Waals surface area contributed by atoms with E-state index in [-0.39, 0.29) is 0 Å². The third kappa shape index (κ3) is 3.08. The standard InChI is InChI=1S/C16H32N2/c1-4-18(15-10-8-14(17)9-11-15)16-12(2)6-5-7-13(16)3/h12-16H,4-11,17H2,1-3H3. The minimum Gasteiger partial charge on any atom is -0.328 e. The zero-order valence-corrected chi connectivity index (χ0v) is 12.6. The SMILES string of the molecule is CCN(C1CCC(N)CC1)C1C(C)CCCC1C. The Labute approximate surface area is 113 Å². The highest BCUT2D eigenvalue weighted by atomic mass is 15.2. The van der Waals surface area contributed by atoms with Gasteiger partial charge in [0.2, 0.25) is 0 Å². The maximum Gasteiger partial charge on any atom is 0.0149 e. The molecule has 2 unspecified atom stereocenters. The quantitative estimate of drug-likeness (QED) is 0.834. The molecule has 0 spiro atoms. The fraction of sp³-hybridized carbons (Fsp3) is 1.00. The molecule has 0 aromatic carbocycles. The van der Waals surface area contributed by atoms with Gasteiger partial charge < -0.3 is 5.73 Å². The van der Waals surface area contributed by atoms with Gasteiger partial charge in [0.05, 0.1) is 0 Å². The van der Waals surface area contributed by atoms with E-state index < -0.39 is 0 Å². The normalized spacial score (nSPS) is 42.2. The molecule has 2 fully saturated rings. The Morgan fingerprint density at radius 3 is 2.00 bits per heavy atom. The molecule has 18 heavy (non-hydrogen) atoms. The van der Waals surface area contributed by atoms with Crippen molar-refractivity contribution in [2.75, 3.05) is 6.54 Å². The van der Waals surface area contributed by atoms with Gasteiger partial charge in [0.1, 0.15) is 0 Å². The van der Waals surface area contributed by atoms with Crippen LogP contribution in [0.1, 0.15) is 65.7 Å². The van der Waals surface area contributed by atoms with Crippen molar-refractivity contribution < 1.29 is 0 Å². The van der Waals surface area contributed by atoms with Crippen LogP contribution in [0.5, 0.6) is 0 Å². The molecule has 0 heterocycles. The van der Waals surface area contributed by atoms with E-state index in [2.05, 4.69) is 25.7 Å². The van der Waals surface area contributed by atoms with Crippen molar-refractivity contribution in [2.24, 2.45) is 17.6 Å². The van der Waals surface area contributed by atoms with Crippen LogP contribution in [-0.4, -0.2) is 29.6 Å². The highest BCUT2D eigenvalue weighted by molar-refractivity contribution is 4.90. The van der Waals surface area contributed by atoms with Crippen molar-refractivity contribution in [2.45, 2.75) is 83.8 Å². The maximum absolute atomic E-state index is 6.05. The Morgan fingerprint density at radius 1 is 0.944 bits per heavy atom. The maximum atomic E-state index is 6.05. The summed E-state index contributed by atoms with van der Waals surface area (Å²) in [5.74, 6) is 1.76.